The van der Waals surface area contributed by atoms with Crippen molar-refractivity contribution in [2.45, 2.75) is 5.51 Å². The van der Waals surface area contributed by atoms with Gasteiger partial charge in [-0.1, -0.05) is 18.2 Å². The van der Waals surface area contributed by atoms with Crippen LogP contribution in [0.3, 0.4) is 0 Å². The van der Waals surface area contributed by atoms with Crippen LogP contribution >= 0.6 is 0 Å². The fourth-order valence-electron chi connectivity index (χ4n) is 1.76. The average Bonchev–Trinajstić information content (AvgIpc) is 2.46. The molecule has 0 atom stereocenters. The SMILES string of the molecule is O=[N+]([O-])c1ccc(OS(=O)(=O)C(F)(F)F)c(-c2ccccc2F)c1. The summed E-state index contributed by atoms with van der Waals surface area (Å²) < 4.78 is 77.5. The summed E-state index contributed by atoms with van der Waals surface area (Å²) >= 11 is 0. The molecule has 0 aliphatic carbocycles. The first-order valence-electron chi connectivity index (χ1n) is 6.07. The molecule has 0 N–H and O–H groups in total. The van der Waals surface area contributed by atoms with Crippen molar-refractivity contribution in [2.24, 2.45) is 0 Å². The lowest BCUT2D eigenvalue weighted by Gasteiger charge is -2.13. The Kier molecular flexibility index (Phi) is 4.47. The number of hydrogen-bond acceptors (Lipinski definition) is 5. The first-order valence-corrected chi connectivity index (χ1v) is 7.48. The topological polar surface area (TPSA) is 86.5 Å². The molecule has 11 heteroatoms. The third-order valence-electron chi connectivity index (χ3n) is 2.82. The number of rotatable bonds is 4. The van der Waals surface area contributed by atoms with Crippen molar-refractivity contribution in [2.75, 3.05) is 0 Å². The molecule has 2 aromatic rings. The van der Waals surface area contributed by atoms with Crippen LogP contribution < -0.4 is 4.18 Å². The van der Waals surface area contributed by atoms with E-state index in [1.807, 2.05) is 0 Å². The molecule has 0 aliphatic heterocycles. The molecule has 0 aromatic heterocycles. The predicted octanol–water partition coefficient (Wildman–Crippen LogP) is 3.63. The fraction of sp³-hybridized carbons (Fsp3) is 0.0769. The van der Waals surface area contributed by atoms with Gasteiger partial charge in [0.25, 0.3) is 5.69 Å². The van der Waals surface area contributed by atoms with Gasteiger partial charge >= 0.3 is 15.6 Å². The van der Waals surface area contributed by atoms with E-state index in [9.17, 15) is 36.1 Å². The van der Waals surface area contributed by atoms with E-state index in [2.05, 4.69) is 4.18 Å². The Morgan fingerprint density at radius 1 is 1.04 bits per heavy atom. The Balaban J connectivity index is 2.65. The van der Waals surface area contributed by atoms with Gasteiger partial charge in [0.2, 0.25) is 0 Å². The number of halogens is 4. The minimum absolute atomic E-state index is 0.353. The summed E-state index contributed by atoms with van der Waals surface area (Å²) in [7, 11) is -6.02. The van der Waals surface area contributed by atoms with E-state index in [1.54, 1.807) is 0 Å². The second-order valence-electron chi connectivity index (χ2n) is 4.40. The van der Waals surface area contributed by atoms with Crippen molar-refractivity contribution in [3.63, 3.8) is 0 Å². The van der Waals surface area contributed by atoms with Gasteiger partial charge in [-0.15, -0.1) is 0 Å². The Bertz CT molecular complexity index is 895. The molecule has 24 heavy (non-hydrogen) atoms. The average molecular weight is 365 g/mol. The van der Waals surface area contributed by atoms with Gasteiger partial charge in [0.15, 0.2) is 5.75 Å². The number of non-ortho nitro benzene ring substituents is 1. The second kappa shape index (κ2) is 6.07. The Morgan fingerprint density at radius 2 is 1.67 bits per heavy atom. The highest BCUT2D eigenvalue weighted by Crippen LogP contribution is 2.37. The summed E-state index contributed by atoms with van der Waals surface area (Å²) in [5.74, 6) is -1.81. The van der Waals surface area contributed by atoms with Crippen LogP contribution in [0, 0.1) is 15.9 Å². The van der Waals surface area contributed by atoms with Crippen LogP contribution in [-0.2, 0) is 10.1 Å². The maximum Gasteiger partial charge on any atom is 0.534 e. The molecule has 0 saturated heterocycles. The maximum atomic E-state index is 13.9. The maximum absolute atomic E-state index is 13.9. The molecule has 128 valence electrons. The van der Waals surface area contributed by atoms with Gasteiger partial charge in [0.05, 0.1) is 4.92 Å². The molecule has 0 unspecified atom stereocenters. The van der Waals surface area contributed by atoms with Crippen LogP contribution in [0.4, 0.5) is 23.2 Å². The van der Waals surface area contributed by atoms with Crippen LogP contribution in [0.5, 0.6) is 5.75 Å². The molecule has 0 bridgehead atoms. The zero-order chi connectivity index (χ0) is 18.1. The van der Waals surface area contributed by atoms with E-state index in [4.69, 9.17) is 0 Å². The largest absolute Gasteiger partial charge is 0.534 e. The molecule has 0 saturated carbocycles. The highest BCUT2D eigenvalue weighted by atomic mass is 32.2. The van der Waals surface area contributed by atoms with Crippen molar-refractivity contribution in [3.05, 3.63) is 58.4 Å². The third-order valence-corrected chi connectivity index (χ3v) is 3.79. The zero-order valence-electron chi connectivity index (χ0n) is 11.5. The van der Waals surface area contributed by atoms with E-state index < -0.39 is 43.4 Å². The number of benzene rings is 2. The van der Waals surface area contributed by atoms with Gasteiger partial charge in [-0.05, 0) is 12.1 Å². The highest BCUT2D eigenvalue weighted by Gasteiger charge is 2.49. The zero-order valence-corrected chi connectivity index (χ0v) is 12.3. The minimum Gasteiger partial charge on any atom is -0.375 e. The molecule has 0 amide bonds. The number of nitrogens with zero attached hydrogens (tertiary/aromatic N) is 1. The van der Waals surface area contributed by atoms with Crippen molar-refractivity contribution in [3.8, 4) is 16.9 Å². The predicted molar refractivity (Wildman–Crippen MR) is 74.1 cm³/mol. The van der Waals surface area contributed by atoms with Gasteiger partial charge in [-0.2, -0.15) is 21.6 Å². The Labute approximate surface area is 132 Å². The van der Waals surface area contributed by atoms with Crippen LogP contribution in [0.1, 0.15) is 0 Å². The van der Waals surface area contributed by atoms with Gasteiger partial charge in [-0.3, -0.25) is 10.1 Å². The third kappa shape index (κ3) is 3.45. The molecule has 2 rings (SSSR count). The first kappa shape index (κ1) is 17.7. The summed E-state index contributed by atoms with van der Waals surface area (Å²) in [6, 6.07) is 6.79. The molecule has 0 heterocycles. The summed E-state index contributed by atoms with van der Waals surface area (Å²) in [6.07, 6.45) is 0. The van der Waals surface area contributed by atoms with Crippen molar-refractivity contribution < 1.29 is 35.1 Å². The van der Waals surface area contributed by atoms with Gasteiger partial charge in [0.1, 0.15) is 5.82 Å². The number of hydrogen-bond donors (Lipinski definition) is 0. The fourth-order valence-corrected chi connectivity index (χ4v) is 2.24. The lowest BCUT2D eigenvalue weighted by atomic mass is 10.0. The van der Waals surface area contributed by atoms with Gasteiger partial charge in [-0.25, -0.2) is 4.39 Å². The van der Waals surface area contributed by atoms with Gasteiger partial charge in [0, 0.05) is 23.3 Å². The number of alkyl halides is 3. The van der Waals surface area contributed by atoms with Gasteiger partial charge < -0.3 is 4.18 Å². The molecular formula is C13H7F4NO5S. The molecule has 0 spiro atoms. The van der Waals surface area contributed by atoms with Crippen LogP contribution in [-0.4, -0.2) is 18.8 Å². The van der Waals surface area contributed by atoms with Crippen LogP contribution in [0.15, 0.2) is 42.5 Å². The van der Waals surface area contributed by atoms with Crippen molar-refractivity contribution in [1.29, 1.82) is 0 Å². The second-order valence-corrected chi connectivity index (χ2v) is 5.94. The number of nitro groups is 1. The Morgan fingerprint density at radius 3 is 2.21 bits per heavy atom. The monoisotopic (exact) mass is 365 g/mol. The molecular weight excluding hydrogens is 358 g/mol. The highest BCUT2D eigenvalue weighted by molar-refractivity contribution is 7.88. The standard InChI is InChI=1S/C13H7F4NO5S/c14-11-4-2-1-3-9(11)10-7-8(18(19)20)5-6-12(10)23-24(21,22)13(15,16)17/h1-7H. The summed E-state index contributed by atoms with van der Waals surface area (Å²) in [5.41, 5.74) is -7.14. The molecule has 0 fully saturated rings. The Hall–Kier alpha value is -2.69. The lowest BCUT2D eigenvalue weighted by molar-refractivity contribution is -0.384. The first-order chi connectivity index (χ1) is 11.0. The van der Waals surface area contributed by atoms with E-state index >= 15 is 0 Å². The lowest BCUT2D eigenvalue weighted by Crippen LogP contribution is -2.28. The molecule has 0 radical (unpaired) electrons. The van der Waals surface area contributed by atoms with E-state index in [-0.39, 0.29) is 5.56 Å². The van der Waals surface area contributed by atoms with E-state index in [0.717, 1.165) is 24.3 Å². The summed E-state index contributed by atoms with van der Waals surface area (Å²) in [5, 5.41) is 10.8. The minimum atomic E-state index is -6.02. The van der Waals surface area contributed by atoms with Crippen molar-refractivity contribution in [1.82, 2.24) is 0 Å². The quantitative estimate of drug-likeness (QED) is 0.271. The van der Waals surface area contributed by atoms with Crippen molar-refractivity contribution >= 4 is 15.8 Å². The normalized spacial score (nSPS) is 12.0. The molecule has 0 aliphatic rings. The van der Waals surface area contributed by atoms with Crippen LogP contribution in [0.25, 0.3) is 11.1 Å². The summed E-state index contributed by atoms with van der Waals surface area (Å²) in [6.45, 7) is 0. The smallest absolute Gasteiger partial charge is 0.375 e. The van der Waals surface area contributed by atoms with Crippen LogP contribution in [0.2, 0.25) is 0 Å². The van der Waals surface area contributed by atoms with E-state index in [0.29, 0.717) is 6.07 Å². The number of nitro benzene ring substituents is 1. The molecule has 2 aromatic carbocycles. The molecule has 6 nitrogen and oxygen atoms in total. The summed E-state index contributed by atoms with van der Waals surface area (Å²) in [4.78, 5) is 9.93. The van der Waals surface area contributed by atoms with E-state index in [1.165, 1.54) is 12.1 Å².